The van der Waals surface area contributed by atoms with Gasteiger partial charge in [-0.05, 0) is 35.4 Å². The minimum Gasteiger partial charge on any atom is -0.363 e. The van der Waals surface area contributed by atoms with E-state index in [0.29, 0.717) is 13.1 Å². The van der Waals surface area contributed by atoms with Crippen LogP contribution in [0.2, 0.25) is 0 Å². The van der Waals surface area contributed by atoms with Gasteiger partial charge in [0.2, 0.25) is 0 Å². The topological polar surface area (TPSA) is 6.48 Å². The fourth-order valence-electron chi connectivity index (χ4n) is 4.04. The molecular formula is C24H22F4N2. The van der Waals surface area contributed by atoms with Crippen LogP contribution in [0.4, 0.5) is 28.9 Å². The predicted molar refractivity (Wildman–Crippen MR) is 111 cm³/mol. The molecule has 1 aliphatic heterocycles. The van der Waals surface area contributed by atoms with Crippen molar-refractivity contribution in [2.24, 2.45) is 0 Å². The highest BCUT2D eigenvalue weighted by Gasteiger charge is 2.35. The summed E-state index contributed by atoms with van der Waals surface area (Å²) in [4.78, 5) is 3.96. The first kappa shape index (κ1) is 20.3. The maximum absolute atomic E-state index is 13.7. The van der Waals surface area contributed by atoms with Crippen LogP contribution in [0.5, 0.6) is 0 Å². The van der Waals surface area contributed by atoms with Crippen molar-refractivity contribution in [2.45, 2.75) is 25.2 Å². The third-order valence-electron chi connectivity index (χ3n) is 5.38. The summed E-state index contributed by atoms with van der Waals surface area (Å²) in [7, 11) is 0. The van der Waals surface area contributed by atoms with E-state index >= 15 is 0 Å². The first-order valence-corrected chi connectivity index (χ1v) is 9.87. The van der Waals surface area contributed by atoms with Crippen molar-refractivity contribution < 1.29 is 17.6 Å². The third-order valence-corrected chi connectivity index (χ3v) is 5.38. The summed E-state index contributed by atoms with van der Waals surface area (Å²) in [6.45, 7) is 0.870. The average Bonchev–Trinajstić information content (AvgIpc) is 2.73. The normalized spacial score (nSPS) is 16.5. The molecule has 0 saturated heterocycles. The number of hydrogen-bond acceptors (Lipinski definition) is 2. The van der Waals surface area contributed by atoms with Crippen molar-refractivity contribution in [3.63, 3.8) is 0 Å². The average molecular weight is 414 g/mol. The molecule has 1 atom stereocenters. The van der Waals surface area contributed by atoms with E-state index in [4.69, 9.17) is 0 Å². The van der Waals surface area contributed by atoms with Crippen LogP contribution < -0.4 is 9.80 Å². The van der Waals surface area contributed by atoms with Gasteiger partial charge in [-0.15, -0.1) is 0 Å². The minimum absolute atomic E-state index is 0.117. The zero-order valence-corrected chi connectivity index (χ0v) is 16.3. The number of nitrogens with zero attached hydrogens (tertiary/aromatic N) is 2. The SMILES string of the molecule is Fc1cccc(CN2C[C@@H](c3ccccc3)N(CCC(F)(F)F)c3ccccc32)c1. The van der Waals surface area contributed by atoms with E-state index in [2.05, 4.69) is 4.90 Å². The molecule has 2 nitrogen and oxygen atoms in total. The van der Waals surface area contributed by atoms with Gasteiger partial charge in [-0.3, -0.25) is 0 Å². The Balaban J connectivity index is 1.72. The van der Waals surface area contributed by atoms with Crippen molar-refractivity contribution in [1.82, 2.24) is 0 Å². The van der Waals surface area contributed by atoms with Crippen LogP contribution >= 0.6 is 0 Å². The molecule has 156 valence electrons. The summed E-state index contributed by atoms with van der Waals surface area (Å²) in [6, 6.07) is 23.3. The summed E-state index contributed by atoms with van der Waals surface area (Å²) in [6.07, 6.45) is -5.11. The van der Waals surface area contributed by atoms with E-state index < -0.39 is 12.6 Å². The molecule has 3 aromatic carbocycles. The van der Waals surface area contributed by atoms with Crippen molar-refractivity contribution in [3.05, 3.63) is 95.8 Å². The zero-order valence-electron chi connectivity index (χ0n) is 16.3. The molecule has 1 heterocycles. The fraction of sp³-hybridized carbons (Fsp3) is 0.250. The van der Waals surface area contributed by atoms with Gasteiger partial charge in [0.05, 0.1) is 23.8 Å². The lowest BCUT2D eigenvalue weighted by Crippen LogP contribution is -2.44. The molecule has 0 aliphatic carbocycles. The lowest BCUT2D eigenvalue weighted by atomic mass is 9.98. The molecule has 0 fully saturated rings. The highest BCUT2D eigenvalue weighted by atomic mass is 19.4. The first-order chi connectivity index (χ1) is 14.4. The monoisotopic (exact) mass is 414 g/mol. The number of fused-ring (bicyclic) bond motifs is 1. The lowest BCUT2D eigenvalue weighted by Gasteiger charge is -2.45. The van der Waals surface area contributed by atoms with Crippen LogP contribution in [0.1, 0.15) is 23.6 Å². The van der Waals surface area contributed by atoms with Gasteiger partial charge in [0.25, 0.3) is 0 Å². The second kappa shape index (κ2) is 8.38. The Morgan fingerprint density at radius 2 is 1.53 bits per heavy atom. The zero-order chi connectivity index (χ0) is 21.1. The van der Waals surface area contributed by atoms with Crippen LogP contribution in [0.15, 0.2) is 78.9 Å². The molecule has 0 amide bonds. The minimum atomic E-state index is -4.23. The van der Waals surface area contributed by atoms with Gasteiger partial charge in [0, 0.05) is 19.6 Å². The lowest BCUT2D eigenvalue weighted by molar-refractivity contribution is -0.132. The van der Waals surface area contributed by atoms with Crippen LogP contribution in [0, 0.1) is 5.82 Å². The Bertz CT molecular complexity index is 988. The first-order valence-electron chi connectivity index (χ1n) is 9.87. The van der Waals surface area contributed by atoms with Crippen molar-refractivity contribution in [1.29, 1.82) is 0 Å². The Morgan fingerprint density at radius 3 is 2.23 bits per heavy atom. The van der Waals surface area contributed by atoms with E-state index in [9.17, 15) is 17.6 Å². The van der Waals surface area contributed by atoms with E-state index in [1.807, 2.05) is 65.6 Å². The fourth-order valence-corrected chi connectivity index (χ4v) is 4.04. The summed E-state index contributed by atoms with van der Waals surface area (Å²) in [5.74, 6) is -0.302. The third kappa shape index (κ3) is 4.58. The Morgan fingerprint density at radius 1 is 0.833 bits per heavy atom. The Kier molecular flexibility index (Phi) is 5.66. The molecule has 0 spiro atoms. The molecule has 6 heteroatoms. The summed E-state index contributed by atoms with van der Waals surface area (Å²) < 4.78 is 52.8. The standard InChI is InChI=1S/C24H22F4N2/c25-20-10-6-7-18(15-20)16-29-17-23(19-8-2-1-3-9-19)30(14-13-24(26,27)28)22-12-5-4-11-21(22)29/h1-12,15,23H,13-14,16-17H2/t23-/m0/s1. The largest absolute Gasteiger partial charge is 0.390 e. The highest BCUT2D eigenvalue weighted by Crippen LogP contribution is 2.42. The molecule has 0 N–H and O–H groups in total. The number of hydrogen-bond donors (Lipinski definition) is 0. The number of benzene rings is 3. The number of alkyl halides is 3. The van der Waals surface area contributed by atoms with Crippen molar-refractivity contribution in [2.75, 3.05) is 22.9 Å². The number of para-hydroxylation sites is 2. The molecular weight excluding hydrogens is 392 g/mol. The molecule has 0 radical (unpaired) electrons. The van der Waals surface area contributed by atoms with Gasteiger partial charge in [-0.25, -0.2) is 4.39 Å². The predicted octanol–water partition coefficient (Wildman–Crippen LogP) is 6.35. The molecule has 0 bridgehead atoms. The highest BCUT2D eigenvalue weighted by molar-refractivity contribution is 5.74. The maximum atomic E-state index is 13.7. The van der Waals surface area contributed by atoms with Crippen LogP contribution in [0.25, 0.3) is 0 Å². The van der Waals surface area contributed by atoms with Crippen molar-refractivity contribution >= 4 is 11.4 Å². The number of anilines is 2. The van der Waals surface area contributed by atoms with Gasteiger partial charge in [-0.2, -0.15) is 13.2 Å². The van der Waals surface area contributed by atoms with E-state index in [-0.39, 0.29) is 18.4 Å². The quantitative estimate of drug-likeness (QED) is 0.449. The molecule has 0 saturated carbocycles. The molecule has 30 heavy (non-hydrogen) atoms. The maximum Gasteiger partial charge on any atom is 0.390 e. The Hall–Kier alpha value is -3.02. The van der Waals surface area contributed by atoms with E-state index in [1.165, 1.54) is 12.1 Å². The summed E-state index contributed by atoms with van der Waals surface area (Å²) in [5, 5.41) is 0. The van der Waals surface area contributed by atoms with Gasteiger partial charge >= 0.3 is 6.18 Å². The molecule has 0 unspecified atom stereocenters. The van der Waals surface area contributed by atoms with Gasteiger partial charge in [-0.1, -0.05) is 54.6 Å². The summed E-state index contributed by atoms with van der Waals surface area (Å²) in [5.41, 5.74) is 3.40. The van der Waals surface area contributed by atoms with E-state index in [1.54, 1.807) is 6.07 Å². The molecule has 0 aromatic heterocycles. The number of halogens is 4. The van der Waals surface area contributed by atoms with Crippen LogP contribution in [-0.4, -0.2) is 19.3 Å². The van der Waals surface area contributed by atoms with Crippen LogP contribution in [0.3, 0.4) is 0 Å². The van der Waals surface area contributed by atoms with Gasteiger partial charge in [0.1, 0.15) is 5.82 Å². The second-order valence-electron chi connectivity index (χ2n) is 7.48. The van der Waals surface area contributed by atoms with Gasteiger partial charge < -0.3 is 9.80 Å². The second-order valence-corrected chi connectivity index (χ2v) is 7.48. The molecule has 1 aliphatic rings. The molecule has 4 rings (SSSR count). The molecule has 3 aromatic rings. The van der Waals surface area contributed by atoms with Gasteiger partial charge in [0.15, 0.2) is 0 Å². The van der Waals surface area contributed by atoms with E-state index in [0.717, 1.165) is 22.5 Å². The Labute approximate surface area is 173 Å². The van der Waals surface area contributed by atoms with Crippen LogP contribution in [-0.2, 0) is 6.54 Å². The number of rotatable bonds is 5. The van der Waals surface area contributed by atoms with Crippen molar-refractivity contribution in [3.8, 4) is 0 Å². The summed E-state index contributed by atoms with van der Waals surface area (Å²) >= 11 is 0. The smallest absolute Gasteiger partial charge is 0.363 e.